The topological polar surface area (TPSA) is 82.8 Å². The number of benzene rings is 7. The van der Waals surface area contributed by atoms with Crippen LogP contribution < -0.4 is 0 Å². The van der Waals surface area contributed by atoms with E-state index in [1.54, 1.807) is 0 Å². The molecular formula is C46H27N5O2. The largest absolute Gasteiger partial charge is 0.455 e. The van der Waals surface area contributed by atoms with Crippen molar-refractivity contribution in [2.24, 2.45) is 0 Å². The zero-order valence-corrected chi connectivity index (χ0v) is 28.1. The fraction of sp³-hybridized carbons (Fsp3) is 0. The van der Waals surface area contributed by atoms with Gasteiger partial charge in [-0.25, -0.2) is 9.97 Å². The third-order valence-corrected chi connectivity index (χ3v) is 9.93. The molecule has 0 aliphatic rings. The van der Waals surface area contributed by atoms with Crippen molar-refractivity contribution in [2.45, 2.75) is 0 Å². The van der Waals surface area contributed by atoms with Crippen molar-refractivity contribution >= 4 is 54.8 Å². The van der Waals surface area contributed by atoms with Crippen molar-refractivity contribution in [1.29, 1.82) is 0 Å². The first-order valence-electron chi connectivity index (χ1n) is 17.5. The Balaban J connectivity index is 1.20. The first kappa shape index (κ1) is 29.4. The second-order valence-corrected chi connectivity index (χ2v) is 13.1. The van der Waals surface area contributed by atoms with Gasteiger partial charge >= 0.3 is 0 Å². The van der Waals surface area contributed by atoms with Crippen LogP contribution >= 0.6 is 0 Å². The maximum Gasteiger partial charge on any atom is 0.238 e. The van der Waals surface area contributed by atoms with Gasteiger partial charge in [-0.3, -0.25) is 4.57 Å². The number of hydrogen-bond acceptors (Lipinski definition) is 6. The molecule has 0 atom stereocenters. The Morgan fingerprint density at radius 3 is 1.85 bits per heavy atom. The van der Waals surface area contributed by atoms with Crippen LogP contribution in [-0.4, -0.2) is 24.5 Å². The molecule has 0 N–H and O–H groups in total. The van der Waals surface area contributed by atoms with Gasteiger partial charge in [-0.1, -0.05) is 109 Å². The van der Waals surface area contributed by atoms with Crippen LogP contribution in [0.2, 0.25) is 0 Å². The van der Waals surface area contributed by atoms with Crippen LogP contribution in [0, 0.1) is 0 Å². The van der Waals surface area contributed by atoms with Gasteiger partial charge in [-0.05, 0) is 65.7 Å². The predicted molar refractivity (Wildman–Crippen MR) is 211 cm³/mol. The molecule has 0 bridgehead atoms. The second kappa shape index (κ2) is 11.6. The van der Waals surface area contributed by atoms with E-state index in [9.17, 15) is 0 Å². The molecule has 0 fully saturated rings. The zero-order valence-electron chi connectivity index (χ0n) is 28.1. The number of nitrogens with zero attached hydrogens (tertiary/aromatic N) is 5. The summed E-state index contributed by atoms with van der Waals surface area (Å²) in [4.78, 5) is 20.5. The molecule has 11 rings (SSSR count). The highest BCUT2D eigenvalue weighted by atomic mass is 16.3. The van der Waals surface area contributed by atoms with Crippen LogP contribution in [0.4, 0.5) is 0 Å². The molecule has 7 heteroatoms. The van der Waals surface area contributed by atoms with Crippen LogP contribution in [0.15, 0.2) is 173 Å². The van der Waals surface area contributed by atoms with E-state index >= 15 is 0 Å². The lowest BCUT2D eigenvalue weighted by Crippen LogP contribution is -2.06. The standard InChI is InChI=1S/C46H27N5O2/c1-3-13-28(14-4-1)30-25-26-39-36(27-30)31-17-7-9-23-38(31)51(39)46-49-43(34-20-11-19-33-32-18-8-10-24-40(32)52-41(33)34)48-44(50-46)35-21-12-22-37-42(35)53-45(47-37)29-15-5-2-6-16-29/h1-27H. The minimum absolute atomic E-state index is 0.464. The van der Waals surface area contributed by atoms with E-state index < -0.39 is 0 Å². The lowest BCUT2D eigenvalue weighted by atomic mass is 10.0. The van der Waals surface area contributed by atoms with Crippen molar-refractivity contribution in [3.8, 4) is 51.3 Å². The summed E-state index contributed by atoms with van der Waals surface area (Å²) in [5.41, 5.74) is 9.49. The van der Waals surface area contributed by atoms with Gasteiger partial charge in [-0.15, -0.1) is 0 Å². The molecule has 11 aromatic rings. The Hall–Kier alpha value is -7.38. The molecule has 53 heavy (non-hydrogen) atoms. The number of aromatic nitrogens is 5. The minimum Gasteiger partial charge on any atom is -0.455 e. The highest BCUT2D eigenvalue weighted by molar-refractivity contribution is 6.11. The molecule has 4 heterocycles. The van der Waals surface area contributed by atoms with Crippen molar-refractivity contribution in [1.82, 2.24) is 24.5 Å². The van der Waals surface area contributed by atoms with Crippen LogP contribution in [0.5, 0.6) is 0 Å². The highest BCUT2D eigenvalue weighted by Gasteiger charge is 2.22. The molecule has 0 amide bonds. The summed E-state index contributed by atoms with van der Waals surface area (Å²) >= 11 is 0. The normalized spacial score (nSPS) is 11.8. The quantitative estimate of drug-likeness (QED) is 0.180. The third-order valence-electron chi connectivity index (χ3n) is 9.93. The number of para-hydroxylation sites is 4. The molecule has 0 saturated carbocycles. The fourth-order valence-electron chi connectivity index (χ4n) is 7.46. The fourth-order valence-corrected chi connectivity index (χ4v) is 7.46. The van der Waals surface area contributed by atoms with Crippen LogP contribution in [0.1, 0.15) is 0 Å². The van der Waals surface area contributed by atoms with Gasteiger partial charge in [0.2, 0.25) is 11.8 Å². The Morgan fingerprint density at radius 2 is 1.04 bits per heavy atom. The lowest BCUT2D eigenvalue weighted by Gasteiger charge is -2.11. The van der Waals surface area contributed by atoms with Gasteiger partial charge in [0.05, 0.1) is 22.2 Å². The van der Waals surface area contributed by atoms with Crippen LogP contribution in [0.25, 0.3) is 106 Å². The monoisotopic (exact) mass is 681 g/mol. The SMILES string of the molecule is c1ccc(-c2ccc3c(c2)c2ccccc2n3-c2nc(-c3cccc4nc(-c5ccccc5)oc34)nc(-c3cccc4c3oc3ccccc34)n2)cc1. The molecule has 0 aliphatic carbocycles. The summed E-state index contributed by atoms with van der Waals surface area (Å²) in [6.45, 7) is 0. The summed E-state index contributed by atoms with van der Waals surface area (Å²) in [5, 5.41) is 4.25. The molecule has 0 saturated heterocycles. The van der Waals surface area contributed by atoms with E-state index in [0.717, 1.165) is 71.5 Å². The Morgan fingerprint density at radius 1 is 0.396 bits per heavy atom. The van der Waals surface area contributed by atoms with Crippen molar-refractivity contribution in [3.05, 3.63) is 164 Å². The lowest BCUT2D eigenvalue weighted by molar-refractivity contribution is 0.620. The van der Waals surface area contributed by atoms with E-state index in [1.165, 1.54) is 0 Å². The first-order valence-corrected chi connectivity index (χ1v) is 17.5. The van der Waals surface area contributed by atoms with Crippen molar-refractivity contribution in [3.63, 3.8) is 0 Å². The van der Waals surface area contributed by atoms with E-state index in [0.29, 0.717) is 34.6 Å². The van der Waals surface area contributed by atoms with Gasteiger partial charge in [0.15, 0.2) is 17.2 Å². The van der Waals surface area contributed by atoms with E-state index in [2.05, 4.69) is 77.4 Å². The average Bonchev–Trinajstić information content (AvgIpc) is 3.93. The molecule has 0 spiro atoms. The van der Waals surface area contributed by atoms with Gasteiger partial charge in [0, 0.05) is 27.1 Å². The Bertz CT molecular complexity index is 3180. The van der Waals surface area contributed by atoms with Crippen molar-refractivity contribution < 1.29 is 8.83 Å². The second-order valence-electron chi connectivity index (χ2n) is 13.1. The number of hydrogen-bond donors (Lipinski definition) is 0. The molecule has 7 aromatic carbocycles. The summed E-state index contributed by atoms with van der Waals surface area (Å²) in [5.74, 6) is 1.97. The van der Waals surface area contributed by atoms with Gasteiger partial charge in [-0.2, -0.15) is 9.97 Å². The van der Waals surface area contributed by atoms with Gasteiger partial charge in [0.1, 0.15) is 16.7 Å². The minimum atomic E-state index is 0.464. The van der Waals surface area contributed by atoms with Gasteiger partial charge in [0.25, 0.3) is 0 Å². The van der Waals surface area contributed by atoms with E-state index in [1.807, 2.05) is 91.0 Å². The summed E-state index contributed by atoms with van der Waals surface area (Å²) in [6, 6.07) is 55.4. The van der Waals surface area contributed by atoms with Gasteiger partial charge < -0.3 is 8.83 Å². The smallest absolute Gasteiger partial charge is 0.238 e. The number of rotatable bonds is 5. The molecule has 0 radical (unpaired) electrons. The van der Waals surface area contributed by atoms with Crippen LogP contribution in [0.3, 0.4) is 0 Å². The molecule has 4 aromatic heterocycles. The zero-order chi connectivity index (χ0) is 34.9. The molecule has 7 nitrogen and oxygen atoms in total. The number of furan rings is 1. The molecule has 248 valence electrons. The predicted octanol–water partition coefficient (Wildman–Crippen LogP) is 11.7. The average molecular weight is 682 g/mol. The Kier molecular flexibility index (Phi) is 6.42. The van der Waals surface area contributed by atoms with Crippen LogP contribution in [-0.2, 0) is 0 Å². The van der Waals surface area contributed by atoms with E-state index in [4.69, 9.17) is 28.8 Å². The van der Waals surface area contributed by atoms with Crippen molar-refractivity contribution in [2.75, 3.05) is 0 Å². The number of oxazole rings is 1. The molecule has 0 aliphatic heterocycles. The maximum absolute atomic E-state index is 6.50. The van der Waals surface area contributed by atoms with E-state index in [-0.39, 0.29) is 0 Å². The summed E-state index contributed by atoms with van der Waals surface area (Å²) in [6.07, 6.45) is 0. The maximum atomic E-state index is 6.50. The summed E-state index contributed by atoms with van der Waals surface area (Å²) < 4.78 is 15.1. The molecule has 0 unspecified atom stereocenters. The first-order chi connectivity index (χ1) is 26.3. The third kappa shape index (κ3) is 4.68. The molecular weight excluding hydrogens is 655 g/mol. The number of fused-ring (bicyclic) bond motifs is 7. The highest BCUT2D eigenvalue weighted by Crippen LogP contribution is 2.39. The Labute approximate surface area is 302 Å². The summed E-state index contributed by atoms with van der Waals surface area (Å²) in [7, 11) is 0.